The maximum atomic E-state index is 13.3. The Balaban J connectivity index is 2.21. The predicted molar refractivity (Wildman–Crippen MR) is 69.0 cm³/mol. The molecule has 0 amide bonds. The zero-order chi connectivity index (χ0) is 13.1. The van der Waals surface area contributed by atoms with Gasteiger partial charge in [0.15, 0.2) is 0 Å². The van der Waals surface area contributed by atoms with Gasteiger partial charge in [-0.3, -0.25) is 0 Å². The summed E-state index contributed by atoms with van der Waals surface area (Å²) >= 11 is 0. The molecular formula is C15H21FO2. The smallest absolute Gasteiger partial charge is 0.124 e. The zero-order valence-electron chi connectivity index (χ0n) is 11.0. The maximum absolute atomic E-state index is 13.3. The highest BCUT2D eigenvalue weighted by Crippen LogP contribution is 2.39. The van der Waals surface area contributed by atoms with Crippen molar-refractivity contribution in [1.82, 2.24) is 0 Å². The first-order valence-electron chi connectivity index (χ1n) is 6.63. The first-order valence-corrected chi connectivity index (χ1v) is 6.63. The Morgan fingerprint density at radius 3 is 2.83 bits per heavy atom. The molecule has 1 aromatic carbocycles. The third kappa shape index (κ3) is 2.83. The van der Waals surface area contributed by atoms with E-state index in [9.17, 15) is 9.50 Å². The number of halogens is 1. The van der Waals surface area contributed by atoms with Gasteiger partial charge in [-0.15, -0.1) is 0 Å². The Morgan fingerprint density at radius 1 is 1.39 bits per heavy atom. The Morgan fingerprint density at radius 2 is 2.17 bits per heavy atom. The molecule has 1 aliphatic rings. The van der Waals surface area contributed by atoms with Crippen molar-refractivity contribution >= 4 is 0 Å². The standard InChI is InChI=1S/C15H21FO2/c1-10-4-3-5-11(8-10)15(17)13-9-12(16)6-7-14(13)18-2/h6-7,9-11,15,17H,3-5,8H2,1-2H3. The van der Waals surface area contributed by atoms with E-state index in [-0.39, 0.29) is 11.7 Å². The minimum atomic E-state index is -0.626. The highest BCUT2D eigenvalue weighted by molar-refractivity contribution is 5.36. The van der Waals surface area contributed by atoms with Crippen LogP contribution in [0.2, 0.25) is 0 Å². The van der Waals surface area contributed by atoms with Crippen LogP contribution in [0.25, 0.3) is 0 Å². The van der Waals surface area contributed by atoms with Crippen LogP contribution in [0.4, 0.5) is 4.39 Å². The summed E-state index contributed by atoms with van der Waals surface area (Å²) in [4.78, 5) is 0. The van der Waals surface area contributed by atoms with E-state index >= 15 is 0 Å². The van der Waals surface area contributed by atoms with E-state index in [2.05, 4.69) is 6.92 Å². The Labute approximate surface area is 108 Å². The molecule has 18 heavy (non-hydrogen) atoms. The Kier molecular flexibility index (Phi) is 4.23. The largest absolute Gasteiger partial charge is 0.496 e. The van der Waals surface area contributed by atoms with E-state index in [0.29, 0.717) is 17.2 Å². The van der Waals surface area contributed by atoms with Gasteiger partial charge >= 0.3 is 0 Å². The van der Waals surface area contributed by atoms with Crippen molar-refractivity contribution in [3.8, 4) is 5.75 Å². The summed E-state index contributed by atoms with van der Waals surface area (Å²) in [5.41, 5.74) is 0.580. The van der Waals surface area contributed by atoms with Crippen LogP contribution in [0.15, 0.2) is 18.2 Å². The van der Waals surface area contributed by atoms with Gasteiger partial charge in [-0.25, -0.2) is 4.39 Å². The summed E-state index contributed by atoms with van der Waals surface area (Å²) in [5.74, 6) is 1.10. The van der Waals surface area contributed by atoms with Crippen LogP contribution in [0.3, 0.4) is 0 Å². The third-order valence-corrected chi connectivity index (χ3v) is 3.93. The van der Waals surface area contributed by atoms with Gasteiger partial charge in [0.25, 0.3) is 0 Å². The van der Waals surface area contributed by atoms with E-state index in [1.165, 1.54) is 18.6 Å². The average Bonchev–Trinajstić information content (AvgIpc) is 2.38. The summed E-state index contributed by atoms with van der Waals surface area (Å²) < 4.78 is 18.5. The molecule has 0 aliphatic heterocycles. The predicted octanol–water partition coefficient (Wildman–Crippen LogP) is 3.69. The van der Waals surface area contributed by atoms with E-state index < -0.39 is 6.10 Å². The van der Waals surface area contributed by atoms with Gasteiger partial charge in [-0.2, -0.15) is 0 Å². The quantitative estimate of drug-likeness (QED) is 0.889. The fourth-order valence-electron chi connectivity index (χ4n) is 2.96. The molecule has 1 aromatic rings. The molecule has 0 spiro atoms. The van der Waals surface area contributed by atoms with Crippen LogP contribution in [0, 0.1) is 17.7 Å². The summed E-state index contributed by atoms with van der Waals surface area (Å²) in [6.45, 7) is 2.21. The molecule has 0 radical (unpaired) electrons. The highest BCUT2D eigenvalue weighted by Gasteiger charge is 2.28. The van der Waals surface area contributed by atoms with Gasteiger partial charge in [-0.05, 0) is 42.9 Å². The molecule has 1 aliphatic carbocycles. The molecule has 0 saturated heterocycles. The molecule has 3 unspecified atom stereocenters. The minimum Gasteiger partial charge on any atom is -0.496 e. The molecule has 2 rings (SSSR count). The molecule has 100 valence electrons. The molecular weight excluding hydrogens is 231 g/mol. The van der Waals surface area contributed by atoms with Gasteiger partial charge in [0.05, 0.1) is 13.2 Å². The van der Waals surface area contributed by atoms with Crippen molar-refractivity contribution in [2.45, 2.75) is 38.7 Å². The second-order valence-corrected chi connectivity index (χ2v) is 5.36. The molecule has 1 saturated carbocycles. The highest BCUT2D eigenvalue weighted by atomic mass is 19.1. The lowest BCUT2D eigenvalue weighted by Crippen LogP contribution is -2.20. The van der Waals surface area contributed by atoms with E-state index in [0.717, 1.165) is 19.3 Å². The molecule has 2 nitrogen and oxygen atoms in total. The van der Waals surface area contributed by atoms with Crippen LogP contribution >= 0.6 is 0 Å². The van der Waals surface area contributed by atoms with Gasteiger partial charge in [0, 0.05) is 5.56 Å². The summed E-state index contributed by atoms with van der Waals surface area (Å²) in [5, 5.41) is 10.5. The molecule has 1 fully saturated rings. The zero-order valence-corrected chi connectivity index (χ0v) is 11.0. The molecule has 3 heteroatoms. The van der Waals surface area contributed by atoms with Crippen molar-refractivity contribution in [2.24, 2.45) is 11.8 Å². The van der Waals surface area contributed by atoms with Crippen LogP contribution in [0.1, 0.15) is 44.3 Å². The van der Waals surface area contributed by atoms with E-state index in [1.807, 2.05) is 0 Å². The Hall–Kier alpha value is -1.09. The summed E-state index contributed by atoms with van der Waals surface area (Å²) in [7, 11) is 1.55. The molecule has 0 aromatic heterocycles. The van der Waals surface area contributed by atoms with Crippen LogP contribution in [-0.4, -0.2) is 12.2 Å². The lowest BCUT2D eigenvalue weighted by molar-refractivity contribution is 0.0690. The summed E-state index contributed by atoms with van der Waals surface area (Å²) in [6.07, 6.45) is 3.74. The molecule has 0 heterocycles. The second kappa shape index (κ2) is 5.70. The topological polar surface area (TPSA) is 29.5 Å². The Bertz CT molecular complexity index is 405. The van der Waals surface area contributed by atoms with Gasteiger partial charge < -0.3 is 9.84 Å². The number of methoxy groups -OCH3 is 1. The number of rotatable bonds is 3. The van der Waals surface area contributed by atoms with Crippen molar-refractivity contribution in [3.05, 3.63) is 29.6 Å². The van der Waals surface area contributed by atoms with Gasteiger partial charge in [0.2, 0.25) is 0 Å². The van der Waals surface area contributed by atoms with Crippen molar-refractivity contribution < 1.29 is 14.2 Å². The van der Waals surface area contributed by atoms with Crippen molar-refractivity contribution in [1.29, 1.82) is 0 Å². The lowest BCUT2D eigenvalue weighted by atomic mass is 9.78. The molecule has 1 N–H and O–H groups in total. The number of aliphatic hydroxyl groups excluding tert-OH is 1. The molecule has 0 bridgehead atoms. The minimum absolute atomic E-state index is 0.212. The number of hydrogen-bond donors (Lipinski definition) is 1. The van der Waals surface area contributed by atoms with Gasteiger partial charge in [-0.1, -0.05) is 19.8 Å². The first kappa shape index (κ1) is 13.3. The monoisotopic (exact) mass is 252 g/mol. The molecule has 3 atom stereocenters. The van der Waals surface area contributed by atoms with Gasteiger partial charge in [0.1, 0.15) is 11.6 Å². The van der Waals surface area contributed by atoms with Crippen LogP contribution < -0.4 is 4.74 Å². The second-order valence-electron chi connectivity index (χ2n) is 5.36. The average molecular weight is 252 g/mol. The van der Waals surface area contributed by atoms with Crippen molar-refractivity contribution in [2.75, 3.05) is 7.11 Å². The number of aliphatic hydroxyl groups is 1. The fraction of sp³-hybridized carbons (Fsp3) is 0.600. The van der Waals surface area contributed by atoms with Crippen LogP contribution in [0.5, 0.6) is 5.75 Å². The van der Waals surface area contributed by atoms with Crippen LogP contribution in [-0.2, 0) is 0 Å². The SMILES string of the molecule is COc1ccc(F)cc1C(O)C1CCCC(C)C1. The number of ether oxygens (including phenoxy) is 1. The normalized spacial score (nSPS) is 25.8. The first-order chi connectivity index (χ1) is 8.61. The van der Waals surface area contributed by atoms with E-state index in [1.54, 1.807) is 13.2 Å². The van der Waals surface area contributed by atoms with Crippen molar-refractivity contribution in [3.63, 3.8) is 0 Å². The maximum Gasteiger partial charge on any atom is 0.124 e. The summed E-state index contributed by atoms with van der Waals surface area (Å²) in [6, 6.07) is 4.33. The number of hydrogen-bond acceptors (Lipinski definition) is 2. The van der Waals surface area contributed by atoms with E-state index in [4.69, 9.17) is 4.74 Å². The third-order valence-electron chi connectivity index (χ3n) is 3.93. The number of benzene rings is 1. The fourth-order valence-corrected chi connectivity index (χ4v) is 2.96. The lowest BCUT2D eigenvalue weighted by Gasteiger charge is -2.31.